The molecule has 10 rings (SSSR count). The molecule has 6 heterocycles. The molecular weight excluding hydrogens is 1210 g/mol. The number of benzene rings is 4. The quantitative estimate of drug-likeness (QED) is 0.0236. The van der Waals surface area contributed by atoms with Crippen LogP contribution < -0.4 is 11.0 Å². The van der Waals surface area contributed by atoms with Crippen LogP contribution in [0.4, 0.5) is 11.6 Å². The Balaban J connectivity index is 1.15. The molecule has 6 bridgehead atoms. The van der Waals surface area contributed by atoms with E-state index in [2.05, 4.69) is 194 Å². The summed E-state index contributed by atoms with van der Waals surface area (Å²) >= 11 is 0. The summed E-state index contributed by atoms with van der Waals surface area (Å²) < 4.78 is 19.0. The predicted octanol–water partition coefficient (Wildman–Crippen LogP) is 21.7. The van der Waals surface area contributed by atoms with Crippen LogP contribution in [0.5, 0.6) is 0 Å². The number of carbonyl (C=O) groups is 2. The molecule has 0 amide bonds. The molecule has 6 aromatic rings. The molecule has 0 fully saturated rings. The van der Waals surface area contributed by atoms with E-state index < -0.39 is 20.8 Å². The first-order valence-corrected chi connectivity index (χ1v) is 39.3. The van der Waals surface area contributed by atoms with Gasteiger partial charge in [-0.1, -0.05) is 273 Å². The van der Waals surface area contributed by atoms with Gasteiger partial charge in [-0.2, -0.15) is 0 Å². The van der Waals surface area contributed by atoms with Gasteiger partial charge in [0.2, 0.25) is 0 Å². The molecule has 0 radical (unpaired) electrons. The smallest absolute Gasteiger partial charge is 0.452 e. The minimum absolute atomic E-state index is 0.0940. The Morgan fingerprint density at radius 1 is 0.351 bits per heavy atom. The van der Waals surface area contributed by atoms with Crippen molar-refractivity contribution in [3.05, 3.63) is 153 Å². The van der Waals surface area contributed by atoms with Crippen molar-refractivity contribution in [3.8, 4) is 0 Å². The van der Waals surface area contributed by atoms with E-state index >= 15 is 9.59 Å². The van der Waals surface area contributed by atoms with Crippen LogP contribution in [0.15, 0.2) is 127 Å². The maximum Gasteiger partial charge on any atom is 0.742 e. The zero-order valence-corrected chi connectivity index (χ0v) is 62.7. The highest BCUT2D eigenvalue weighted by Crippen LogP contribution is 2.46. The normalized spacial score (nSPS) is 14.9. The van der Waals surface area contributed by atoms with Gasteiger partial charge in [0, 0.05) is 56.6 Å². The third-order valence-corrected chi connectivity index (χ3v) is 22.9. The average Bonchev–Trinajstić information content (AvgIpc) is 1.53. The molecule has 0 atom stereocenters. The van der Waals surface area contributed by atoms with Crippen LogP contribution in [-0.2, 0) is 40.1 Å². The molecule has 4 aromatic carbocycles. The number of nitrogens with zero attached hydrogens (tertiary/aromatic N) is 8. The Morgan fingerprint density at radius 3 is 1.11 bits per heavy atom. The first-order valence-electron chi connectivity index (χ1n) is 37.6. The van der Waals surface area contributed by atoms with Gasteiger partial charge in [0.1, 0.15) is 22.6 Å². The Labute approximate surface area is 582 Å². The number of rotatable bonds is 32. The Kier molecular flexibility index (Phi) is 23.8. The van der Waals surface area contributed by atoms with Crippen LogP contribution in [0.25, 0.3) is 21.5 Å². The van der Waals surface area contributed by atoms with Crippen LogP contribution in [0, 0.1) is 0 Å². The lowest BCUT2D eigenvalue weighted by molar-refractivity contribution is -0.142. The average molecular weight is 1330 g/mol. The second-order valence-corrected chi connectivity index (χ2v) is 34.5. The summed E-state index contributed by atoms with van der Waals surface area (Å²) in [5.41, 5.74) is 7.38. The monoisotopic (exact) mass is 1330 g/mol. The number of amidine groups is 4. The van der Waals surface area contributed by atoms with Gasteiger partial charge >= 0.3 is 8.88 Å². The maximum atomic E-state index is 15.9. The number of fused-ring (bicyclic) bond motifs is 14. The van der Waals surface area contributed by atoms with Crippen molar-refractivity contribution in [1.82, 2.24) is 8.47 Å². The summed E-state index contributed by atoms with van der Waals surface area (Å²) in [6, 6.07) is 25.8. The Hall–Kier alpha value is -7.12. The number of allylic oxidation sites excluding steroid dienone is 4. The summed E-state index contributed by atoms with van der Waals surface area (Å²) in [6.07, 6.45) is 38.9. The van der Waals surface area contributed by atoms with Crippen molar-refractivity contribution in [1.29, 1.82) is 0 Å². The fraction of sp³-hybridized carbons (Fsp3) is 0.548. The van der Waals surface area contributed by atoms with Gasteiger partial charge < -0.3 is 8.85 Å². The topological polar surface area (TPSA) is 137 Å². The molecule has 0 unspecified atom stereocenters. The zero-order chi connectivity index (χ0) is 69.1. The minimum atomic E-state index is -5.16. The van der Waals surface area contributed by atoms with Crippen molar-refractivity contribution in [2.24, 2.45) is 30.0 Å². The third kappa shape index (κ3) is 17.3. The van der Waals surface area contributed by atoms with Crippen LogP contribution in [0.2, 0.25) is 0 Å². The lowest BCUT2D eigenvalue weighted by Crippen LogP contribution is -2.65. The number of hydrogen-bond donors (Lipinski definition) is 0. The van der Waals surface area contributed by atoms with E-state index in [1.165, 1.54) is 77.0 Å². The summed E-state index contributed by atoms with van der Waals surface area (Å²) in [6.45, 7) is 31.1. The molecule has 4 aliphatic heterocycles. The number of hydrogen-bond acceptors (Lipinski definition) is 10. The fourth-order valence-electron chi connectivity index (χ4n) is 13.8. The van der Waals surface area contributed by atoms with Crippen LogP contribution in [0.1, 0.15) is 321 Å². The molecule has 0 N–H and O–H groups in total. The van der Waals surface area contributed by atoms with E-state index in [9.17, 15) is 0 Å². The van der Waals surface area contributed by atoms with E-state index in [1.807, 2.05) is 8.47 Å². The van der Waals surface area contributed by atoms with Gasteiger partial charge in [0.25, 0.3) is 11.9 Å². The summed E-state index contributed by atoms with van der Waals surface area (Å²) in [5, 5.41) is 2.93. The van der Waals surface area contributed by atoms with Crippen molar-refractivity contribution < 1.29 is 18.4 Å². The van der Waals surface area contributed by atoms with Crippen LogP contribution in [-0.4, -0.2) is 52.6 Å². The summed E-state index contributed by atoms with van der Waals surface area (Å²) in [4.78, 5) is 65.8. The summed E-state index contributed by atoms with van der Waals surface area (Å²) in [7, 11) is -5.16. The third-order valence-electron chi connectivity index (χ3n) is 19.9. The molecule has 0 saturated carbocycles. The van der Waals surface area contributed by atoms with E-state index in [1.54, 1.807) is 0 Å². The predicted molar refractivity (Wildman–Crippen MR) is 407 cm³/mol. The molecule has 4 aliphatic rings. The molecule has 0 saturated heterocycles. The zero-order valence-electron chi connectivity index (χ0n) is 61.7. The minimum Gasteiger partial charge on any atom is -0.452 e. The largest absolute Gasteiger partial charge is 0.742 e. The molecule has 518 valence electrons. The van der Waals surface area contributed by atoms with Gasteiger partial charge in [-0.3, -0.25) is 18.1 Å². The Morgan fingerprint density at radius 2 is 0.680 bits per heavy atom. The van der Waals surface area contributed by atoms with E-state index in [0.29, 0.717) is 58.8 Å². The molecule has 0 aliphatic carbocycles. The molecular formula is C84H114N8O4Si. The number of unbranched alkanes of at least 4 members (excludes halogenated alkanes) is 22. The van der Waals surface area contributed by atoms with E-state index in [0.717, 1.165) is 143 Å². The van der Waals surface area contributed by atoms with Crippen molar-refractivity contribution >= 4 is 77.3 Å². The first-order chi connectivity index (χ1) is 46.4. The van der Waals surface area contributed by atoms with Crippen LogP contribution in [0.3, 0.4) is 0 Å². The molecule has 97 heavy (non-hydrogen) atoms. The lowest BCUT2D eigenvalue weighted by Gasteiger charge is -2.32. The second kappa shape index (κ2) is 31.8. The lowest BCUT2D eigenvalue weighted by atomic mass is 9.85. The number of aromatic nitrogens is 2. The van der Waals surface area contributed by atoms with Gasteiger partial charge in [0.15, 0.2) is 23.3 Å². The maximum absolute atomic E-state index is 15.9. The first kappa shape index (κ1) is 72.6. The van der Waals surface area contributed by atoms with Gasteiger partial charge in [-0.05, 0) is 132 Å². The van der Waals surface area contributed by atoms with Crippen molar-refractivity contribution in [3.63, 3.8) is 0 Å². The van der Waals surface area contributed by atoms with Gasteiger partial charge in [-0.25, -0.2) is 30.0 Å². The highest BCUT2D eigenvalue weighted by molar-refractivity contribution is 6.69. The highest BCUT2D eigenvalue weighted by atomic mass is 28.4. The van der Waals surface area contributed by atoms with E-state index in [-0.39, 0.29) is 34.5 Å². The van der Waals surface area contributed by atoms with Crippen molar-refractivity contribution in [2.75, 3.05) is 0 Å². The second-order valence-electron chi connectivity index (χ2n) is 32.1. The highest BCUT2D eigenvalue weighted by Gasteiger charge is 2.59. The Bertz CT molecular complexity index is 4090. The molecule has 2 aromatic heterocycles. The number of aliphatic imine (C=N–C) groups is 4. The van der Waals surface area contributed by atoms with Crippen LogP contribution >= 0.6 is 0 Å². The molecule has 0 spiro atoms. The van der Waals surface area contributed by atoms with Crippen molar-refractivity contribution in [2.45, 2.75) is 298 Å². The number of carbonyl (C=O) groups excluding carboxylic acids is 2. The fourth-order valence-corrected chi connectivity index (χ4v) is 16.9. The van der Waals surface area contributed by atoms with Gasteiger partial charge in [0.05, 0.1) is 0 Å². The standard InChI is InChI=1S/C84H114N8O4Si/c1-15-17-19-21-23-25-27-29-31-33-35-37-39-41-43-45-71(93)95-97(96-72(94)46-44-42-40-38-36-34-32-30-28-26-24-22-20-18-16-2)91-77-65-53-49-61(83(9,10)11)57-69(65)80(91)88-74-64-52-48-60(82(6,7)8)56-68(64)76(86-74)90-78-66-54-50-62(84(12,13)14)58-70(66)79(92(78)97)87-73-63-51-47-59(81(3,4)5)55-67(63)75(85-73)89-77/h29-32,47-58H,15-28,33-46H2,1-14H3/b31-29-,32-30-,87-73?,87-79?,88-74?,88-80?,89-75?,89-77?,90-76?,90-78?. The molecule has 13 heteroatoms. The summed E-state index contributed by atoms with van der Waals surface area (Å²) in [5.74, 6) is 1.59. The van der Waals surface area contributed by atoms with E-state index in [4.69, 9.17) is 38.8 Å². The van der Waals surface area contributed by atoms with Gasteiger partial charge in [-0.15, -0.1) is 0 Å². The SMILES string of the molecule is CCCCCCCC/C=C\CCCCCCCC(=O)O[Si]1(OC(=O)CCCCCCC/C=C\CCCCCCCC)n2c3c4cc(C(C)(C)C)ccc4c2N=C2N=C(N=c4c5cc(C(C)(C)C)ccc5c(n41)=NC1=NC(=N3)c3ccc(C(C)(C)C)cc31)c1ccc(C(C)(C)C)cc12. The molecule has 12 nitrogen and oxygen atoms in total.